The first-order valence-corrected chi connectivity index (χ1v) is 7.50. The van der Waals surface area contributed by atoms with Crippen molar-refractivity contribution in [2.24, 2.45) is 0 Å². The van der Waals surface area contributed by atoms with E-state index in [1.807, 2.05) is 14.0 Å². The van der Waals surface area contributed by atoms with Crippen molar-refractivity contribution in [3.8, 4) is 0 Å². The average Bonchev–Trinajstić information content (AvgIpc) is 2.27. The second kappa shape index (κ2) is 6.54. The van der Waals surface area contributed by atoms with Gasteiger partial charge in [-0.3, -0.25) is 0 Å². The fourth-order valence-electron chi connectivity index (χ4n) is 2.00. The number of rotatable bonds is 6. The summed E-state index contributed by atoms with van der Waals surface area (Å²) in [5.41, 5.74) is 0. The van der Waals surface area contributed by atoms with Crippen molar-refractivity contribution >= 4 is 10.2 Å². The summed E-state index contributed by atoms with van der Waals surface area (Å²) in [6.07, 6.45) is 4.72. The van der Waals surface area contributed by atoms with Crippen molar-refractivity contribution in [1.82, 2.24) is 14.8 Å². The van der Waals surface area contributed by atoms with Gasteiger partial charge >= 0.3 is 0 Å². The molecule has 1 rings (SSSR count). The van der Waals surface area contributed by atoms with E-state index < -0.39 is 10.2 Å². The largest absolute Gasteiger partial charge is 0.317 e. The Morgan fingerprint density at radius 1 is 1.12 bits per heavy atom. The van der Waals surface area contributed by atoms with Gasteiger partial charge in [0, 0.05) is 18.6 Å². The number of hydrogen-bond acceptors (Lipinski definition) is 3. The highest BCUT2D eigenvalue weighted by molar-refractivity contribution is 7.87. The highest BCUT2D eigenvalue weighted by atomic mass is 32.2. The van der Waals surface area contributed by atoms with E-state index in [1.165, 1.54) is 0 Å². The first-order chi connectivity index (χ1) is 7.57. The van der Waals surface area contributed by atoms with Gasteiger partial charge in [-0.2, -0.15) is 13.1 Å². The summed E-state index contributed by atoms with van der Waals surface area (Å²) in [6.45, 7) is 2.45. The molecule has 1 aliphatic rings. The van der Waals surface area contributed by atoms with Crippen LogP contribution in [-0.2, 0) is 10.2 Å². The van der Waals surface area contributed by atoms with E-state index in [9.17, 15) is 8.42 Å². The molecule has 5 nitrogen and oxygen atoms in total. The van der Waals surface area contributed by atoms with Crippen LogP contribution in [-0.4, -0.2) is 34.1 Å². The molecule has 1 saturated carbocycles. The molecule has 0 aromatic carbocycles. The van der Waals surface area contributed by atoms with Crippen molar-refractivity contribution in [1.29, 1.82) is 0 Å². The van der Waals surface area contributed by atoms with E-state index in [2.05, 4.69) is 14.8 Å². The number of nitrogens with one attached hydrogen (secondary N) is 3. The third kappa shape index (κ3) is 4.78. The maximum absolute atomic E-state index is 11.6. The third-order valence-corrected chi connectivity index (χ3v) is 4.23. The molecule has 0 unspecified atom stereocenters. The van der Waals surface area contributed by atoms with Crippen LogP contribution in [0.1, 0.15) is 39.0 Å². The molecule has 6 heteroatoms. The quantitative estimate of drug-likeness (QED) is 0.636. The summed E-state index contributed by atoms with van der Waals surface area (Å²) in [5, 5.41) is 3.23. The van der Waals surface area contributed by atoms with Crippen LogP contribution < -0.4 is 14.8 Å². The Morgan fingerprint density at radius 2 is 1.69 bits per heavy atom. The first kappa shape index (κ1) is 13.9. The van der Waals surface area contributed by atoms with Crippen molar-refractivity contribution in [2.75, 3.05) is 13.6 Å². The minimum Gasteiger partial charge on any atom is -0.317 e. The van der Waals surface area contributed by atoms with Gasteiger partial charge in [-0.25, -0.2) is 4.72 Å². The standard InChI is InChI=1S/C10H23N3O2S/c1-3-8-12-16(14,15)13-10-6-4-9(11-2)5-7-10/h9-13H,3-8H2,1-2H3. The molecule has 16 heavy (non-hydrogen) atoms. The van der Waals surface area contributed by atoms with E-state index in [0.29, 0.717) is 12.6 Å². The summed E-state index contributed by atoms with van der Waals surface area (Å²) in [4.78, 5) is 0. The fourth-order valence-corrected chi connectivity index (χ4v) is 3.23. The Labute approximate surface area is 98.6 Å². The van der Waals surface area contributed by atoms with Gasteiger partial charge in [0.05, 0.1) is 0 Å². The molecule has 3 N–H and O–H groups in total. The van der Waals surface area contributed by atoms with Crippen LogP contribution in [0.15, 0.2) is 0 Å². The lowest BCUT2D eigenvalue weighted by atomic mass is 9.92. The van der Waals surface area contributed by atoms with Crippen LogP contribution in [0.2, 0.25) is 0 Å². The lowest BCUT2D eigenvalue weighted by Crippen LogP contribution is -2.46. The van der Waals surface area contributed by atoms with E-state index in [4.69, 9.17) is 0 Å². The lowest BCUT2D eigenvalue weighted by Gasteiger charge is -2.28. The Bertz CT molecular complexity index is 284. The molecule has 0 atom stereocenters. The maximum Gasteiger partial charge on any atom is 0.277 e. The Morgan fingerprint density at radius 3 is 2.19 bits per heavy atom. The summed E-state index contributed by atoms with van der Waals surface area (Å²) in [6, 6.07) is 0.642. The Kier molecular flexibility index (Phi) is 5.68. The topological polar surface area (TPSA) is 70.2 Å². The van der Waals surface area contributed by atoms with Crippen LogP contribution in [0.4, 0.5) is 0 Å². The second-order valence-corrected chi connectivity index (χ2v) is 5.88. The Hall–Kier alpha value is -0.170. The van der Waals surface area contributed by atoms with Crippen LogP contribution in [0.25, 0.3) is 0 Å². The van der Waals surface area contributed by atoms with E-state index in [-0.39, 0.29) is 6.04 Å². The molecule has 0 amide bonds. The van der Waals surface area contributed by atoms with Gasteiger partial charge in [0.2, 0.25) is 0 Å². The van der Waals surface area contributed by atoms with E-state index in [0.717, 1.165) is 32.1 Å². The molecule has 0 aliphatic heterocycles. The van der Waals surface area contributed by atoms with Gasteiger partial charge < -0.3 is 5.32 Å². The molecule has 1 aliphatic carbocycles. The van der Waals surface area contributed by atoms with Crippen molar-refractivity contribution < 1.29 is 8.42 Å². The van der Waals surface area contributed by atoms with Crippen LogP contribution in [0, 0.1) is 0 Å². The third-order valence-electron chi connectivity index (χ3n) is 3.00. The second-order valence-electron chi connectivity index (χ2n) is 4.35. The van der Waals surface area contributed by atoms with Crippen LogP contribution >= 0.6 is 0 Å². The molecule has 0 radical (unpaired) electrons. The normalized spacial score (nSPS) is 26.9. The van der Waals surface area contributed by atoms with Gasteiger partial charge in [-0.1, -0.05) is 6.92 Å². The summed E-state index contributed by atoms with van der Waals surface area (Å²) >= 11 is 0. The molecule has 0 spiro atoms. The van der Waals surface area contributed by atoms with Crippen LogP contribution in [0.3, 0.4) is 0 Å². The van der Waals surface area contributed by atoms with Crippen LogP contribution in [0.5, 0.6) is 0 Å². The van der Waals surface area contributed by atoms with Gasteiger partial charge in [0.1, 0.15) is 0 Å². The summed E-state index contributed by atoms with van der Waals surface area (Å²) in [5.74, 6) is 0. The zero-order valence-electron chi connectivity index (χ0n) is 10.1. The van der Waals surface area contributed by atoms with Gasteiger partial charge in [-0.05, 0) is 39.2 Å². The predicted octanol–water partition coefficient (Wildman–Crippen LogP) is 0.351. The molecule has 96 valence electrons. The molecular weight excluding hydrogens is 226 g/mol. The van der Waals surface area contributed by atoms with E-state index >= 15 is 0 Å². The zero-order valence-corrected chi connectivity index (χ0v) is 10.9. The molecule has 0 saturated heterocycles. The number of hydrogen-bond donors (Lipinski definition) is 3. The maximum atomic E-state index is 11.6. The fraction of sp³-hybridized carbons (Fsp3) is 1.00. The molecule has 0 aromatic rings. The van der Waals surface area contributed by atoms with Gasteiger partial charge in [0.15, 0.2) is 0 Å². The molecule has 0 heterocycles. The molecule has 0 bridgehead atoms. The molecule has 1 fully saturated rings. The minimum atomic E-state index is -3.29. The first-order valence-electron chi connectivity index (χ1n) is 6.01. The van der Waals surface area contributed by atoms with Crippen molar-refractivity contribution in [3.05, 3.63) is 0 Å². The highest BCUT2D eigenvalue weighted by Crippen LogP contribution is 2.18. The lowest BCUT2D eigenvalue weighted by molar-refractivity contribution is 0.342. The average molecular weight is 249 g/mol. The summed E-state index contributed by atoms with van der Waals surface area (Å²) in [7, 11) is -1.33. The van der Waals surface area contributed by atoms with Crippen molar-refractivity contribution in [2.45, 2.75) is 51.1 Å². The molecule has 0 aromatic heterocycles. The Balaban J connectivity index is 2.32. The van der Waals surface area contributed by atoms with Gasteiger partial charge in [-0.15, -0.1) is 0 Å². The highest BCUT2D eigenvalue weighted by Gasteiger charge is 2.23. The minimum absolute atomic E-state index is 0.0963. The predicted molar refractivity (Wildman–Crippen MR) is 65.5 cm³/mol. The zero-order chi connectivity index (χ0) is 12.0. The monoisotopic (exact) mass is 249 g/mol. The van der Waals surface area contributed by atoms with Gasteiger partial charge in [0.25, 0.3) is 10.2 Å². The molecular formula is C10H23N3O2S. The smallest absolute Gasteiger partial charge is 0.277 e. The van der Waals surface area contributed by atoms with Crippen molar-refractivity contribution in [3.63, 3.8) is 0 Å². The summed E-state index contributed by atoms with van der Waals surface area (Å²) < 4.78 is 28.4. The van der Waals surface area contributed by atoms with E-state index in [1.54, 1.807) is 0 Å². The SMILES string of the molecule is CCCNS(=O)(=O)NC1CCC(NC)CC1.